The molecule has 0 spiro atoms. The Morgan fingerprint density at radius 1 is 1.26 bits per heavy atom. The Morgan fingerprint density at radius 3 is 2.61 bits per heavy atom. The van der Waals surface area contributed by atoms with E-state index in [4.69, 9.17) is 4.74 Å². The van der Waals surface area contributed by atoms with Crippen LogP contribution in [0.3, 0.4) is 0 Å². The SMILES string of the molecule is CCOC(=O)C1=CNC(=O)NC1c1ccc(N2CCCC2)cc1. The predicted molar refractivity (Wildman–Crippen MR) is 87.0 cm³/mol. The number of amides is 2. The zero-order valence-electron chi connectivity index (χ0n) is 13.2. The predicted octanol–water partition coefficient (Wildman–Crippen LogP) is 2.09. The van der Waals surface area contributed by atoms with Gasteiger partial charge in [0.2, 0.25) is 0 Å². The number of urea groups is 1. The average Bonchev–Trinajstić information content (AvgIpc) is 3.09. The van der Waals surface area contributed by atoms with Crippen LogP contribution in [0.25, 0.3) is 0 Å². The van der Waals surface area contributed by atoms with Gasteiger partial charge in [0.05, 0.1) is 18.2 Å². The van der Waals surface area contributed by atoms with Crippen molar-refractivity contribution in [1.82, 2.24) is 10.6 Å². The van der Waals surface area contributed by atoms with Crippen molar-refractivity contribution in [3.05, 3.63) is 41.6 Å². The number of hydrogen-bond donors (Lipinski definition) is 2. The molecule has 6 nitrogen and oxygen atoms in total. The van der Waals surface area contributed by atoms with Crippen LogP contribution in [0.15, 0.2) is 36.0 Å². The van der Waals surface area contributed by atoms with Crippen LogP contribution in [0.4, 0.5) is 10.5 Å². The number of nitrogens with zero attached hydrogens (tertiary/aromatic N) is 1. The molecule has 1 fully saturated rings. The summed E-state index contributed by atoms with van der Waals surface area (Å²) in [6.45, 7) is 4.21. The van der Waals surface area contributed by atoms with Gasteiger partial charge in [0.15, 0.2) is 0 Å². The lowest BCUT2D eigenvalue weighted by Gasteiger charge is -2.26. The number of carbonyl (C=O) groups is 2. The first-order valence-electron chi connectivity index (χ1n) is 7.98. The third-order valence-corrected chi connectivity index (χ3v) is 4.15. The minimum atomic E-state index is -0.490. The van der Waals surface area contributed by atoms with E-state index in [1.807, 2.05) is 24.3 Å². The molecule has 0 aliphatic carbocycles. The molecule has 2 heterocycles. The van der Waals surface area contributed by atoms with E-state index >= 15 is 0 Å². The normalized spacial score (nSPS) is 20.6. The molecule has 2 aliphatic rings. The highest BCUT2D eigenvalue weighted by Crippen LogP contribution is 2.27. The fourth-order valence-electron chi connectivity index (χ4n) is 2.98. The fourth-order valence-corrected chi connectivity index (χ4v) is 2.98. The van der Waals surface area contributed by atoms with E-state index in [0.29, 0.717) is 12.2 Å². The van der Waals surface area contributed by atoms with Crippen LogP contribution >= 0.6 is 0 Å². The molecule has 2 N–H and O–H groups in total. The van der Waals surface area contributed by atoms with Crippen LogP contribution in [-0.2, 0) is 9.53 Å². The molecule has 0 saturated carbocycles. The van der Waals surface area contributed by atoms with Crippen LogP contribution < -0.4 is 15.5 Å². The average molecular weight is 315 g/mol. The third-order valence-electron chi connectivity index (χ3n) is 4.15. The molecule has 23 heavy (non-hydrogen) atoms. The van der Waals surface area contributed by atoms with Gasteiger partial charge < -0.3 is 20.3 Å². The van der Waals surface area contributed by atoms with Crippen molar-refractivity contribution < 1.29 is 14.3 Å². The number of benzene rings is 1. The molecular formula is C17H21N3O3. The second-order valence-corrected chi connectivity index (χ2v) is 5.66. The molecule has 1 saturated heterocycles. The zero-order chi connectivity index (χ0) is 16.2. The molecule has 0 bridgehead atoms. The minimum absolute atomic E-state index is 0.296. The van der Waals surface area contributed by atoms with Gasteiger partial charge in [-0.25, -0.2) is 9.59 Å². The Morgan fingerprint density at radius 2 is 1.96 bits per heavy atom. The van der Waals surface area contributed by atoms with E-state index in [1.54, 1.807) is 6.92 Å². The molecule has 2 amide bonds. The summed E-state index contributed by atoms with van der Waals surface area (Å²) >= 11 is 0. The van der Waals surface area contributed by atoms with Gasteiger partial charge in [-0.1, -0.05) is 12.1 Å². The van der Waals surface area contributed by atoms with Crippen molar-refractivity contribution in [2.45, 2.75) is 25.8 Å². The van der Waals surface area contributed by atoms with Crippen LogP contribution in [0.5, 0.6) is 0 Å². The Balaban J connectivity index is 1.82. The summed E-state index contributed by atoms with van der Waals surface area (Å²) in [6.07, 6.45) is 3.87. The van der Waals surface area contributed by atoms with Crippen LogP contribution in [0.1, 0.15) is 31.4 Å². The lowest BCUT2D eigenvalue weighted by molar-refractivity contribution is -0.139. The number of ether oxygens (including phenoxy) is 1. The summed E-state index contributed by atoms with van der Waals surface area (Å²) in [5.74, 6) is -0.423. The van der Waals surface area contributed by atoms with Crippen LogP contribution in [0.2, 0.25) is 0 Å². The molecule has 6 heteroatoms. The number of nitrogens with one attached hydrogen (secondary N) is 2. The molecule has 122 valence electrons. The molecule has 0 aromatic heterocycles. The van der Waals surface area contributed by atoms with Crippen LogP contribution in [-0.4, -0.2) is 31.7 Å². The first-order chi connectivity index (χ1) is 11.2. The Kier molecular flexibility index (Phi) is 4.50. The molecular weight excluding hydrogens is 294 g/mol. The van der Waals surface area contributed by atoms with E-state index in [-0.39, 0.29) is 6.03 Å². The van der Waals surface area contributed by atoms with Gasteiger partial charge in [-0.3, -0.25) is 0 Å². The Hall–Kier alpha value is -2.50. The molecule has 1 atom stereocenters. The smallest absolute Gasteiger partial charge is 0.337 e. The molecule has 2 aliphatic heterocycles. The molecule has 1 aromatic carbocycles. The highest BCUT2D eigenvalue weighted by Gasteiger charge is 2.29. The van der Waals surface area contributed by atoms with E-state index in [0.717, 1.165) is 18.7 Å². The Bertz CT molecular complexity index is 618. The van der Waals surface area contributed by atoms with Gasteiger partial charge in [0.1, 0.15) is 0 Å². The Labute approximate surface area is 135 Å². The first kappa shape index (κ1) is 15.4. The van der Waals surface area contributed by atoms with Crippen molar-refractivity contribution in [1.29, 1.82) is 0 Å². The van der Waals surface area contributed by atoms with E-state index in [9.17, 15) is 9.59 Å². The van der Waals surface area contributed by atoms with E-state index in [1.165, 1.54) is 24.7 Å². The maximum absolute atomic E-state index is 12.1. The lowest BCUT2D eigenvalue weighted by atomic mass is 9.98. The molecule has 1 aromatic rings. The van der Waals surface area contributed by atoms with Gasteiger partial charge in [0, 0.05) is 25.0 Å². The molecule has 0 radical (unpaired) electrons. The second-order valence-electron chi connectivity index (χ2n) is 5.66. The largest absolute Gasteiger partial charge is 0.463 e. The second kappa shape index (κ2) is 6.73. The number of hydrogen-bond acceptors (Lipinski definition) is 4. The number of esters is 1. The summed E-state index contributed by atoms with van der Waals surface area (Å²) in [4.78, 5) is 26.0. The van der Waals surface area contributed by atoms with Crippen molar-refractivity contribution in [3.63, 3.8) is 0 Å². The van der Waals surface area contributed by atoms with Crippen molar-refractivity contribution in [2.24, 2.45) is 0 Å². The zero-order valence-corrected chi connectivity index (χ0v) is 13.2. The number of rotatable bonds is 4. The monoisotopic (exact) mass is 315 g/mol. The summed E-state index contributed by atoms with van der Waals surface area (Å²) in [6, 6.07) is 7.17. The third kappa shape index (κ3) is 3.31. The van der Waals surface area contributed by atoms with Gasteiger partial charge in [-0.15, -0.1) is 0 Å². The van der Waals surface area contributed by atoms with Crippen molar-refractivity contribution >= 4 is 17.7 Å². The number of anilines is 1. The minimum Gasteiger partial charge on any atom is -0.463 e. The lowest BCUT2D eigenvalue weighted by Crippen LogP contribution is -2.42. The van der Waals surface area contributed by atoms with Crippen molar-refractivity contribution in [2.75, 3.05) is 24.6 Å². The topological polar surface area (TPSA) is 70.7 Å². The first-order valence-corrected chi connectivity index (χ1v) is 7.98. The fraction of sp³-hybridized carbons (Fsp3) is 0.412. The quantitative estimate of drug-likeness (QED) is 0.835. The highest BCUT2D eigenvalue weighted by atomic mass is 16.5. The maximum Gasteiger partial charge on any atom is 0.337 e. The standard InChI is InChI=1S/C17H21N3O3/c1-2-23-16(21)14-11-18-17(22)19-15(14)12-5-7-13(8-6-12)20-9-3-4-10-20/h5-8,11,15H,2-4,9-10H2,1H3,(H2,18,19,22). The van der Waals surface area contributed by atoms with E-state index in [2.05, 4.69) is 15.5 Å². The van der Waals surface area contributed by atoms with Gasteiger partial charge >= 0.3 is 12.0 Å². The number of carbonyl (C=O) groups excluding carboxylic acids is 2. The van der Waals surface area contributed by atoms with Gasteiger partial charge in [0.25, 0.3) is 0 Å². The van der Waals surface area contributed by atoms with E-state index < -0.39 is 12.0 Å². The van der Waals surface area contributed by atoms with Crippen molar-refractivity contribution in [3.8, 4) is 0 Å². The maximum atomic E-state index is 12.1. The molecule has 1 unspecified atom stereocenters. The van der Waals surface area contributed by atoms with Crippen LogP contribution in [0, 0.1) is 0 Å². The van der Waals surface area contributed by atoms with Gasteiger partial charge in [-0.05, 0) is 37.5 Å². The summed E-state index contributed by atoms with van der Waals surface area (Å²) in [5, 5.41) is 5.28. The van der Waals surface area contributed by atoms with Gasteiger partial charge in [-0.2, -0.15) is 0 Å². The molecule has 3 rings (SSSR count). The summed E-state index contributed by atoms with van der Waals surface area (Å²) in [7, 11) is 0. The summed E-state index contributed by atoms with van der Waals surface area (Å²) in [5.41, 5.74) is 2.44. The highest BCUT2D eigenvalue weighted by molar-refractivity contribution is 5.93. The summed E-state index contributed by atoms with van der Waals surface area (Å²) < 4.78 is 5.07.